The van der Waals surface area contributed by atoms with E-state index in [2.05, 4.69) is 0 Å². The normalized spacial score (nSPS) is 10.7. The maximum atomic E-state index is 10.1. The molecular formula is C13H20O3. The molecular weight excluding hydrogens is 204 g/mol. The molecule has 0 aliphatic rings. The molecule has 0 bridgehead atoms. The third-order valence-corrected chi connectivity index (χ3v) is 2.56. The van der Waals surface area contributed by atoms with E-state index in [1.807, 2.05) is 19.1 Å². The molecule has 3 heteroatoms. The summed E-state index contributed by atoms with van der Waals surface area (Å²) in [5, 5.41) is 10.1. The maximum Gasteiger partial charge on any atom is 0.122 e. The number of hydrogen-bond acceptors (Lipinski definition) is 3. The zero-order chi connectivity index (χ0) is 12.0. The van der Waals surface area contributed by atoms with Crippen LogP contribution in [0.15, 0.2) is 12.1 Å². The molecule has 0 aromatic heterocycles. The van der Waals surface area contributed by atoms with Crippen LogP contribution in [0, 0.1) is 6.92 Å². The number of ether oxygens (including phenoxy) is 2. The predicted octanol–water partition coefficient (Wildman–Crippen LogP) is 2.08. The number of methoxy groups -OCH3 is 2. The molecule has 0 aliphatic heterocycles. The first-order valence-corrected chi connectivity index (χ1v) is 5.48. The number of hydrogen-bond donors (Lipinski definition) is 1. The third-order valence-electron chi connectivity index (χ3n) is 2.56. The Morgan fingerprint density at radius 1 is 1.00 bits per heavy atom. The van der Waals surface area contributed by atoms with Gasteiger partial charge in [-0.2, -0.15) is 0 Å². The van der Waals surface area contributed by atoms with Crippen molar-refractivity contribution in [2.75, 3.05) is 27.4 Å². The van der Waals surface area contributed by atoms with Crippen molar-refractivity contribution in [3.05, 3.63) is 28.8 Å². The van der Waals surface area contributed by atoms with Gasteiger partial charge < -0.3 is 14.6 Å². The summed E-state index contributed by atoms with van der Waals surface area (Å²) < 4.78 is 10.1. The van der Waals surface area contributed by atoms with Crippen molar-refractivity contribution in [1.29, 1.82) is 0 Å². The van der Waals surface area contributed by atoms with Gasteiger partial charge in [0, 0.05) is 14.2 Å². The Bertz CT molecular complexity index is 305. The van der Waals surface area contributed by atoms with Crippen LogP contribution in [0.5, 0.6) is 5.75 Å². The maximum absolute atomic E-state index is 10.1. The Labute approximate surface area is 97.0 Å². The predicted molar refractivity (Wildman–Crippen MR) is 64.0 cm³/mol. The zero-order valence-corrected chi connectivity index (χ0v) is 10.2. The fourth-order valence-electron chi connectivity index (χ4n) is 1.74. The first-order valence-electron chi connectivity index (χ1n) is 5.48. The van der Waals surface area contributed by atoms with Gasteiger partial charge in [0.25, 0.3) is 0 Å². The highest BCUT2D eigenvalue weighted by molar-refractivity contribution is 5.43. The molecule has 0 unspecified atom stereocenters. The summed E-state index contributed by atoms with van der Waals surface area (Å²) in [4.78, 5) is 0. The molecule has 90 valence electrons. The van der Waals surface area contributed by atoms with E-state index in [0.717, 1.165) is 29.5 Å². The minimum Gasteiger partial charge on any atom is -0.507 e. The summed E-state index contributed by atoms with van der Waals surface area (Å²) >= 11 is 0. The first-order chi connectivity index (χ1) is 7.69. The van der Waals surface area contributed by atoms with Crippen molar-refractivity contribution in [2.24, 2.45) is 0 Å². The van der Waals surface area contributed by atoms with Crippen LogP contribution < -0.4 is 0 Å². The molecule has 0 heterocycles. The average molecular weight is 224 g/mol. The van der Waals surface area contributed by atoms with Gasteiger partial charge in [-0.25, -0.2) is 0 Å². The van der Waals surface area contributed by atoms with E-state index >= 15 is 0 Å². The summed E-state index contributed by atoms with van der Waals surface area (Å²) in [6.07, 6.45) is 1.48. The Balaban J connectivity index is 2.86. The van der Waals surface area contributed by atoms with Crippen molar-refractivity contribution in [2.45, 2.75) is 19.8 Å². The summed E-state index contributed by atoms with van der Waals surface area (Å²) in [6.45, 7) is 3.29. The topological polar surface area (TPSA) is 38.7 Å². The molecule has 16 heavy (non-hydrogen) atoms. The lowest BCUT2D eigenvalue weighted by Gasteiger charge is -2.11. The summed E-state index contributed by atoms with van der Waals surface area (Å²) in [6, 6.07) is 4.01. The van der Waals surface area contributed by atoms with Crippen molar-refractivity contribution < 1.29 is 14.6 Å². The number of aromatic hydroxyl groups is 1. The molecule has 0 aliphatic carbocycles. The van der Waals surface area contributed by atoms with Gasteiger partial charge in [-0.15, -0.1) is 0 Å². The standard InChI is InChI=1S/C13H20O3/c1-10-8-11(4-6-15-2)13(14)12(9-10)5-7-16-3/h8-9,14H,4-7H2,1-3H3. The Hall–Kier alpha value is -1.06. The van der Waals surface area contributed by atoms with Gasteiger partial charge in [-0.05, 0) is 30.9 Å². The minimum atomic E-state index is 0.389. The number of phenols is 1. The third kappa shape index (κ3) is 3.51. The molecule has 3 nitrogen and oxygen atoms in total. The number of phenolic OH excluding ortho intramolecular Hbond substituents is 1. The second-order valence-electron chi connectivity index (χ2n) is 3.92. The quantitative estimate of drug-likeness (QED) is 0.804. The number of rotatable bonds is 6. The smallest absolute Gasteiger partial charge is 0.122 e. The van der Waals surface area contributed by atoms with Gasteiger partial charge in [0.1, 0.15) is 5.75 Å². The molecule has 0 spiro atoms. The molecule has 0 fully saturated rings. The molecule has 0 saturated heterocycles. The van der Waals surface area contributed by atoms with Crippen molar-refractivity contribution in [3.8, 4) is 5.75 Å². The number of aryl methyl sites for hydroxylation is 1. The second-order valence-corrected chi connectivity index (χ2v) is 3.92. The Kier molecular flexibility index (Phi) is 5.29. The van der Waals surface area contributed by atoms with Crippen LogP contribution in [0.3, 0.4) is 0 Å². The van der Waals surface area contributed by atoms with Crippen LogP contribution in [0.2, 0.25) is 0 Å². The lowest BCUT2D eigenvalue weighted by molar-refractivity contribution is 0.199. The summed E-state index contributed by atoms with van der Waals surface area (Å²) in [5.41, 5.74) is 3.07. The molecule has 1 aromatic rings. The molecule has 0 radical (unpaired) electrons. The Morgan fingerprint density at radius 3 is 1.81 bits per heavy atom. The van der Waals surface area contributed by atoms with E-state index in [1.54, 1.807) is 14.2 Å². The fraction of sp³-hybridized carbons (Fsp3) is 0.538. The van der Waals surface area contributed by atoms with Crippen LogP contribution in [0.25, 0.3) is 0 Å². The Morgan fingerprint density at radius 2 is 1.44 bits per heavy atom. The van der Waals surface area contributed by atoms with Gasteiger partial charge in [0.15, 0.2) is 0 Å². The first kappa shape index (κ1) is 13.0. The average Bonchev–Trinajstić information content (AvgIpc) is 2.28. The molecule has 1 N–H and O–H groups in total. The van der Waals surface area contributed by atoms with E-state index in [4.69, 9.17) is 9.47 Å². The van der Waals surface area contributed by atoms with Crippen LogP contribution in [0.4, 0.5) is 0 Å². The van der Waals surface area contributed by atoms with E-state index < -0.39 is 0 Å². The second kappa shape index (κ2) is 6.51. The van der Waals surface area contributed by atoms with Gasteiger partial charge >= 0.3 is 0 Å². The van der Waals surface area contributed by atoms with Crippen molar-refractivity contribution in [1.82, 2.24) is 0 Å². The van der Waals surface area contributed by atoms with Gasteiger partial charge in [0.05, 0.1) is 13.2 Å². The van der Waals surface area contributed by atoms with Crippen LogP contribution in [0.1, 0.15) is 16.7 Å². The van der Waals surface area contributed by atoms with Crippen molar-refractivity contribution in [3.63, 3.8) is 0 Å². The number of benzene rings is 1. The summed E-state index contributed by atoms with van der Waals surface area (Å²) in [5.74, 6) is 0.389. The lowest BCUT2D eigenvalue weighted by atomic mass is 10.0. The highest BCUT2D eigenvalue weighted by Gasteiger charge is 2.08. The van der Waals surface area contributed by atoms with Crippen LogP contribution in [-0.4, -0.2) is 32.5 Å². The molecule has 0 atom stereocenters. The van der Waals surface area contributed by atoms with E-state index in [-0.39, 0.29) is 0 Å². The van der Waals surface area contributed by atoms with Gasteiger partial charge in [0.2, 0.25) is 0 Å². The highest BCUT2D eigenvalue weighted by atomic mass is 16.5. The molecule has 0 amide bonds. The highest BCUT2D eigenvalue weighted by Crippen LogP contribution is 2.25. The van der Waals surface area contributed by atoms with E-state index in [0.29, 0.717) is 19.0 Å². The summed E-state index contributed by atoms with van der Waals surface area (Å²) in [7, 11) is 3.33. The van der Waals surface area contributed by atoms with Crippen LogP contribution in [-0.2, 0) is 22.3 Å². The molecule has 0 saturated carbocycles. The molecule has 1 aromatic carbocycles. The fourth-order valence-corrected chi connectivity index (χ4v) is 1.74. The largest absolute Gasteiger partial charge is 0.507 e. The van der Waals surface area contributed by atoms with Gasteiger partial charge in [-0.3, -0.25) is 0 Å². The minimum absolute atomic E-state index is 0.389. The lowest BCUT2D eigenvalue weighted by Crippen LogP contribution is -2.00. The zero-order valence-electron chi connectivity index (χ0n) is 10.2. The van der Waals surface area contributed by atoms with Crippen molar-refractivity contribution >= 4 is 0 Å². The van der Waals surface area contributed by atoms with Crippen LogP contribution >= 0.6 is 0 Å². The SMILES string of the molecule is COCCc1cc(C)cc(CCOC)c1O. The van der Waals surface area contributed by atoms with E-state index in [1.165, 1.54) is 0 Å². The van der Waals surface area contributed by atoms with Gasteiger partial charge in [-0.1, -0.05) is 17.7 Å². The molecule has 1 rings (SSSR count). The van der Waals surface area contributed by atoms with E-state index in [9.17, 15) is 5.11 Å². The monoisotopic (exact) mass is 224 g/mol.